The van der Waals surface area contributed by atoms with Crippen molar-refractivity contribution in [2.24, 2.45) is 0 Å². The molecule has 1 aliphatic heterocycles. The lowest BCUT2D eigenvalue weighted by Crippen LogP contribution is -2.04. The third kappa shape index (κ3) is 1.76. The smallest absolute Gasteiger partial charge is 0.236 e. The number of phenolic OH excluding ortho intramolecular Hbond substituents is 2. The van der Waals surface area contributed by atoms with Gasteiger partial charge in [0.2, 0.25) is 5.78 Å². The molecule has 0 radical (unpaired) electrons. The number of carbonyl (C=O) groups excluding carboxylic acids is 1. The summed E-state index contributed by atoms with van der Waals surface area (Å²) >= 11 is 0. The van der Waals surface area contributed by atoms with E-state index in [2.05, 4.69) is 0 Å². The van der Waals surface area contributed by atoms with Crippen LogP contribution in [-0.2, 0) is 0 Å². The van der Waals surface area contributed by atoms with Gasteiger partial charge in [0, 0.05) is 17.7 Å². The number of aliphatic hydroxyl groups excluding tert-OH is 1. The maximum atomic E-state index is 12.2. The predicted molar refractivity (Wildman–Crippen MR) is 66.2 cm³/mol. The van der Waals surface area contributed by atoms with E-state index >= 15 is 0 Å². The highest BCUT2D eigenvalue weighted by Gasteiger charge is 2.33. The molecule has 0 bridgehead atoms. The Labute approximate surface area is 108 Å². The van der Waals surface area contributed by atoms with Crippen LogP contribution in [0.4, 0.5) is 0 Å². The number of benzene rings is 1. The molecule has 0 unspecified atom stereocenters. The van der Waals surface area contributed by atoms with Crippen LogP contribution >= 0.6 is 0 Å². The molecule has 19 heavy (non-hydrogen) atoms. The van der Waals surface area contributed by atoms with Gasteiger partial charge in [-0.05, 0) is 18.6 Å². The molecular weight excluding hydrogens is 248 g/mol. The topological polar surface area (TPSA) is 87.0 Å². The highest BCUT2D eigenvalue weighted by Crippen LogP contribution is 2.41. The molecule has 5 nitrogen and oxygen atoms in total. The van der Waals surface area contributed by atoms with Crippen LogP contribution < -0.4 is 4.74 Å². The minimum Gasteiger partial charge on any atom is -0.508 e. The Morgan fingerprint density at radius 2 is 1.89 bits per heavy atom. The Bertz CT molecular complexity index is 679. The lowest BCUT2D eigenvalue weighted by atomic mass is 10.0. The summed E-state index contributed by atoms with van der Waals surface area (Å²) in [5.74, 6) is -0.538. The summed E-state index contributed by atoms with van der Waals surface area (Å²) in [7, 11) is 0. The molecule has 3 N–H and O–H groups in total. The molecule has 5 heteroatoms. The van der Waals surface area contributed by atoms with Crippen molar-refractivity contribution >= 4 is 5.78 Å². The summed E-state index contributed by atoms with van der Waals surface area (Å²) in [6.45, 7) is 0. The fourth-order valence-electron chi connectivity index (χ4n) is 2.08. The molecular formula is C14H10O5. The molecule has 3 rings (SSSR count). The number of ether oxygens (including phenoxy) is 1. The third-order valence-corrected chi connectivity index (χ3v) is 2.99. The van der Waals surface area contributed by atoms with E-state index < -0.39 is 5.78 Å². The molecule has 1 heterocycles. The van der Waals surface area contributed by atoms with Crippen LogP contribution in [0.3, 0.4) is 0 Å². The zero-order valence-electron chi connectivity index (χ0n) is 9.75. The van der Waals surface area contributed by atoms with Crippen LogP contribution in [-0.4, -0.2) is 21.1 Å². The number of Topliss-reactive ketones (excluding diaryl/α,β-unsaturated/α-hetero) is 1. The Morgan fingerprint density at radius 3 is 2.58 bits per heavy atom. The minimum absolute atomic E-state index is 0.0486. The number of phenols is 2. The van der Waals surface area contributed by atoms with Gasteiger partial charge in [0.1, 0.15) is 28.6 Å². The largest absolute Gasteiger partial charge is 0.508 e. The molecule has 0 saturated carbocycles. The maximum absolute atomic E-state index is 12.2. The molecule has 0 fully saturated rings. The Morgan fingerprint density at radius 1 is 1.11 bits per heavy atom. The summed E-state index contributed by atoms with van der Waals surface area (Å²) in [5, 5.41) is 28.3. The van der Waals surface area contributed by atoms with Gasteiger partial charge in [0.25, 0.3) is 0 Å². The lowest BCUT2D eigenvalue weighted by molar-refractivity contribution is 0.101. The SMILES string of the molecule is O=C1/C(=C2\C=CC(O)=CC2)Oc2cc(O)cc(O)c21. The molecule has 0 amide bonds. The molecule has 0 saturated heterocycles. The van der Waals surface area contributed by atoms with E-state index in [4.69, 9.17) is 4.74 Å². The van der Waals surface area contributed by atoms with E-state index in [0.717, 1.165) is 6.07 Å². The molecule has 1 aromatic carbocycles. The monoisotopic (exact) mass is 258 g/mol. The van der Waals surface area contributed by atoms with E-state index in [-0.39, 0.29) is 34.3 Å². The molecule has 0 aromatic heterocycles. The van der Waals surface area contributed by atoms with Crippen LogP contribution in [0, 0.1) is 0 Å². The van der Waals surface area contributed by atoms with E-state index in [1.807, 2.05) is 0 Å². The van der Waals surface area contributed by atoms with Gasteiger partial charge in [-0.15, -0.1) is 0 Å². The molecule has 1 aromatic rings. The number of ketones is 1. The van der Waals surface area contributed by atoms with Crippen LogP contribution in [0.2, 0.25) is 0 Å². The standard InChI is InChI=1S/C14H10O5/c15-8-3-1-7(2-4-8)14-13(18)12-10(17)5-9(16)6-11(12)19-14/h1,3-6,15-17H,2H2/b14-7-. The Kier molecular flexibility index (Phi) is 2.35. The average molecular weight is 258 g/mol. The first-order chi connectivity index (χ1) is 9.06. The van der Waals surface area contributed by atoms with Gasteiger partial charge in [0.05, 0.1) is 0 Å². The van der Waals surface area contributed by atoms with Crippen molar-refractivity contribution in [2.45, 2.75) is 6.42 Å². The fraction of sp³-hybridized carbons (Fsp3) is 0.0714. The second-order valence-electron chi connectivity index (χ2n) is 4.29. The van der Waals surface area contributed by atoms with E-state index in [1.165, 1.54) is 12.1 Å². The highest BCUT2D eigenvalue weighted by atomic mass is 16.5. The highest BCUT2D eigenvalue weighted by molar-refractivity contribution is 6.14. The lowest BCUT2D eigenvalue weighted by Gasteiger charge is -2.07. The summed E-state index contributed by atoms with van der Waals surface area (Å²) < 4.78 is 5.40. The second kappa shape index (κ2) is 3.91. The van der Waals surface area contributed by atoms with E-state index in [0.29, 0.717) is 12.0 Å². The quantitative estimate of drug-likeness (QED) is 0.622. The first kappa shape index (κ1) is 11.4. The zero-order chi connectivity index (χ0) is 13.6. The molecule has 1 aliphatic carbocycles. The van der Waals surface area contributed by atoms with Gasteiger partial charge in [-0.3, -0.25) is 4.79 Å². The number of hydrogen-bond acceptors (Lipinski definition) is 5. The number of aliphatic hydroxyl groups is 1. The van der Waals surface area contributed by atoms with Gasteiger partial charge < -0.3 is 20.1 Å². The number of rotatable bonds is 0. The Hall–Kier alpha value is -2.69. The van der Waals surface area contributed by atoms with Crippen molar-refractivity contribution < 1.29 is 24.9 Å². The number of allylic oxidation sites excluding steroid dienone is 5. The van der Waals surface area contributed by atoms with Crippen molar-refractivity contribution in [3.63, 3.8) is 0 Å². The molecule has 0 spiro atoms. The van der Waals surface area contributed by atoms with E-state index in [9.17, 15) is 20.1 Å². The van der Waals surface area contributed by atoms with Crippen LogP contribution in [0.1, 0.15) is 16.8 Å². The van der Waals surface area contributed by atoms with Crippen molar-refractivity contribution in [3.8, 4) is 17.2 Å². The summed E-state index contributed by atoms with van der Waals surface area (Å²) in [4.78, 5) is 12.2. The van der Waals surface area contributed by atoms with Crippen molar-refractivity contribution in [1.29, 1.82) is 0 Å². The summed E-state index contributed by atoms with van der Waals surface area (Å²) in [5.41, 5.74) is 0.658. The van der Waals surface area contributed by atoms with Gasteiger partial charge in [-0.25, -0.2) is 0 Å². The minimum atomic E-state index is -0.429. The van der Waals surface area contributed by atoms with Crippen LogP contribution in [0.15, 0.2) is 47.5 Å². The number of fused-ring (bicyclic) bond motifs is 1. The predicted octanol–water partition coefficient (Wildman–Crippen LogP) is 2.33. The maximum Gasteiger partial charge on any atom is 0.236 e. The van der Waals surface area contributed by atoms with Gasteiger partial charge in [-0.2, -0.15) is 0 Å². The molecule has 96 valence electrons. The molecule has 0 atom stereocenters. The van der Waals surface area contributed by atoms with Gasteiger partial charge in [0.15, 0.2) is 5.76 Å². The van der Waals surface area contributed by atoms with Crippen LogP contribution in [0.5, 0.6) is 17.2 Å². The number of aromatic hydroxyl groups is 2. The number of carbonyl (C=O) groups is 1. The summed E-state index contributed by atoms with van der Waals surface area (Å²) in [6.07, 6.45) is 4.97. The van der Waals surface area contributed by atoms with Crippen molar-refractivity contribution in [3.05, 3.63) is 53.0 Å². The van der Waals surface area contributed by atoms with Crippen molar-refractivity contribution in [2.75, 3.05) is 0 Å². The fourth-order valence-corrected chi connectivity index (χ4v) is 2.08. The van der Waals surface area contributed by atoms with Gasteiger partial charge >= 0.3 is 0 Å². The van der Waals surface area contributed by atoms with Crippen molar-refractivity contribution in [1.82, 2.24) is 0 Å². The first-order valence-corrected chi connectivity index (χ1v) is 5.65. The third-order valence-electron chi connectivity index (χ3n) is 2.99. The molecule has 2 aliphatic rings. The van der Waals surface area contributed by atoms with Gasteiger partial charge in [-0.1, -0.05) is 6.08 Å². The van der Waals surface area contributed by atoms with Crippen LogP contribution in [0.25, 0.3) is 0 Å². The summed E-state index contributed by atoms with van der Waals surface area (Å²) in [6, 6.07) is 2.37. The normalized spacial score (nSPS) is 21.1. The second-order valence-corrected chi connectivity index (χ2v) is 4.29. The Balaban J connectivity index is 2.08. The number of hydrogen-bond donors (Lipinski definition) is 3. The average Bonchev–Trinajstić information content (AvgIpc) is 2.67. The zero-order valence-corrected chi connectivity index (χ0v) is 9.75. The van der Waals surface area contributed by atoms with E-state index in [1.54, 1.807) is 12.2 Å². The first-order valence-electron chi connectivity index (χ1n) is 5.65.